The third-order valence-electron chi connectivity index (χ3n) is 5.88. The first-order valence-corrected chi connectivity index (χ1v) is 14.7. The molecule has 0 bridgehead atoms. The van der Waals surface area contributed by atoms with Crippen molar-refractivity contribution in [1.29, 1.82) is 0 Å². The molecule has 1 atom stereocenters. The number of rotatable bonds is 4. The summed E-state index contributed by atoms with van der Waals surface area (Å²) < 4.78 is 25.7. The molecule has 0 aliphatic carbocycles. The number of aryl methyl sites for hydroxylation is 2. The molecule has 0 saturated carbocycles. The number of hydrogen-bond donors (Lipinski definition) is 0. The minimum atomic E-state index is -3.18. The van der Waals surface area contributed by atoms with Crippen LogP contribution >= 0.6 is 35.7 Å². The summed E-state index contributed by atoms with van der Waals surface area (Å²) in [6, 6.07) is 11.1. The van der Waals surface area contributed by atoms with Gasteiger partial charge < -0.3 is 0 Å². The third-order valence-corrected chi connectivity index (χ3v) is 9.97. The van der Waals surface area contributed by atoms with Gasteiger partial charge in [-0.15, -0.1) is 0 Å². The van der Waals surface area contributed by atoms with Crippen molar-refractivity contribution >= 4 is 67.5 Å². The van der Waals surface area contributed by atoms with E-state index in [0.717, 1.165) is 27.8 Å². The van der Waals surface area contributed by atoms with Crippen LogP contribution in [-0.2, 0) is 14.6 Å². The summed E-state index contributed by atoms with van der Waals surface area (Å²) in [5, 5.41) is 0.483. The Morgan fingerprint density at radius 1 is 1.11 bits per heavy atom. The Kier molecular flexibility index (Phi) is 6.37. The first kappa shape index (κ1) is 24.2. The van der Waals surface area contributed by atoms with Crippen molar-refractivity contribution in [3.8, 4) is 0 Å². The molecule has 7 nitrogen and oxygen atoms in total. The molecule has 11 heteroatoms. The number of carbonyl (C=O) groups excluding carboxylic acids is 1. The summed E-state index contributed by atoms with van der Waals surface area (Å²) in [5.41, 5.74) is 2.53. The normalized spacial score (nSPS) is 20.9. The highest BCUT2D eigenvalue weighted by molar-refractivity contribution is 8.26. The molecule has 2 aromatic heterocycles. The third kappa shape index (κ3) is 4.82. The van der Waals surface area contributed by atoms with Crippen molar-refractivity contribution in [3.63, 3.8) is 0 Å². The fourth-order valence-electron chi connectivity index (χ4n) is 4.06. The van der Waals surface area contributed by atoms with Crippen molar-refractivity contribution in [2.75, 3.05) is 11.5 Å². The van der Waals surface area contributed by atoms with Gasteiger partial charge in [-0.1, -0.05) is 59.5 Å². The molecule has 1 amide bonds. The molecule has 4 heterocycles. The highest BCUT2D eigenvalue weighted by Gasteiger charge is 2.42. The zero-order valence-electron chi connectivity index (χ0n) is 18.9. The lowest BCUT2D eigenvalue weighted by Gasteiger charge is -2.20. The molecule has 3 aromatic rings. The Bertz CT molecular complexity index is 1580. The first-order chi connectivity index (χ1) is 16.6. The fraction of sp³-hybridized carbons (Fsp3) is 0.250. The van der Waals surface area contributed by atoms with Gasteiger partial charge in [0.1, 0.15) is 15.0 Å². The summed E-state index contributed by atoms with van der Waals surface area (Å²) in [5.74, 6) is -0.427. The largest absolute Gasteiger partial charge is 0.289 e. The van der Waals surface area contributed by atoms with Gasteiger partial charge in [0, 0.05) is 11.1 Å². The minimum absolute atomic E-state index is 0.0421. The predicted octanol–water partition coefficient (Wildman–Crippen LogP) is 3.85. The smallest absolute Gasteiger partial charge is 0.266 e. The van der Waals surface area contributed by atoms with Crippen LogP contribution in [0.5, 0.6) is 0 Å². The number of aromatic nitrogens is 2. The Balaban J connectivity index is 1.60. The monoisotopic (exact) mass is 543 g/mol. The molecular formula is C24H21N3O4S4. The van der Waals surface area contributed by atoms with E-state index >= 15 is 0 Å². The van der Waals surface area contributed by atoms with Crippen molar-refractivity contribution in [2.45, 2.75) is 36.2 Å². The molecule has 2 aliphatic heterocycles. The van der Waals surface area contributed by atoms with Crippen LogP contribution in [0.25, 0.3) is 11.7 Å². The zero-order valence-corrected chi connectivity index (χ0v) is 22.2. The highest BCUT2D eigenvalue weighted by Crippen LogP contribution is 2.37. The lowest BCUT2D eigenvalue weighted by Crippen LogP contribution is -2.39. The molecule has 0 N–H and O–H groups in total. The molecule has 5 rings (SSSR count). The van der Waals surface area contributed by atoms with E-state index in [1.165, 1.54) is 21.1 Å². The number of nitrogens with zero attached hydrogens (tertiary/aromatic N) is 3. The maximum Gasteiger partial charge on any atom is 0.266 e. The second-order valence-corrected chi connectivity index (χ2v) is 13.6. The van der Waals surface area contributed by atoms with Crippen LogP contribution in [0.1, 0.15) is 23.1 Å². The van der Waals surface area contributed by atoms with E-state index in [4.69, 9.17) is 17.2 Å². The Labute approximate surface area is 216 Å². The van der Waals surface area contributed by atoms with E-state index in [9.17, 15) is 18.0 Å². The Hall–Kier alpha value is -2.47. The van der Waals surface area contributed by atoms with E-state index in [0.29, 0.717) is 27.0 Å². The van der Waals surface area contributed by atoms with Gasteiger partial charge in [-0.05, 0) is 50.1 Å². The van der Waals surface area contributed by atoms with Crippen LogP contribution in [0.3, 0.4) is 0 Å². The van der Waals surface area contributed by atoms with E-state index in [2.05, 4.69) is 0 Å². The number of carbonyl (C=O) groups is 1. The van der Waals surface area contributed by atoms with E-state index < -0.39 is 15.9 Å². The summed E-state index contributed by atoms with van der Waals surface area (Å²) in [4.78, 5) is 34.2. The number of fused-ring (bicyclic) bond motifs is 1. The molecule has 1 aromatic carbocycles. The predicted molar refractivity (Wildman–Crippen MR) is 144 cm³/mol. The molecular weight excluding hydrogens is 523 g/mol. The number of thiocarbonyl (C=S) groups is 1. The Morgan fingerprint density at radius 3 is 2.51 bits per heavy atom. The highest BCUT2D eigenvalue weighted by atomic mass is 32.2. The van der Waals surface area contributed by atoms with Gasteiger partial charge in [-0.25, -0.2) is 13.4 Å². The van der Waals surface area contributed by atoms with Crippen molar-refractivity contribution in [1.82, 2.24) is 14.3 Å². The Morgan fingerprint density at radius 2 is 1.83 bits per heavy atom. The van der Waals surface area contributed by atoms with Crippen LogP contribution in [0.4, 0.5) is 0 Å². The second kappa shape index (κ2) is 9.20. The topological polar surface area (TPSA) is 88.8 Å². The molecule has 0 radical (unpaired) electrons. The molecule has 1 unspecified atom stereocenters. The number of thioether (sulfide) groups is 1. The standard InChI is InChI=1S/C24H21N3O4S4/c1-14-3-6-17(7-4-14)33-21-18(22(28)26-12-15(2)5-8-20(26)25-21)11-19-23(29)27(24(32)34-19)16-9-10-35(30,31)13-16/h3-8,11-12,16H,9-10,13H2,1-2H3. The fourth-order valence-corrected chi connectivity index (χ4v) is 8.04. The van der Waals surface area contributed by atoms with E-state index in [1.54, 1.807) is 18.3 Å². The molecule has 2 aliphatic rings. The van der Waals surface area contributed by atoms with Crippen molar-refractivity contribution < 1.29 is 13.2 Å². The van der Waals surface area contributed by atoms with Gasteiger partial charge in [0.05, 0.1) is 28.0 Å². The van der Waals surface area contributed by atoms with Gasteiger partial charge >= 0.3 is 0 Å². The average molecular weight is 544 g/mol. The average Bonchev–Trinajstić information content (AvgIpc) is 3.30. The van der Waals surface area contributed by atoms with Gasteiger partial charge in [0.25, 0.3) is 11.5 Å². The lowest BCUT2D eigenvalue weighted by molar-refractivity contribution is -0.123. The molecule has 2 fully saturated rings. The molecule has 2 saturated heterocycles. The molecule has 0 spiro atoms. The second-order valence-electron chi connectivity index (χ2n) is 8.59. The minimum Gasteiger partial charge on any atom is -0.289 e. The van der Waals surface area contributed by atoms with Crippen molar-refractivity contribution in [3.05, 3.63) is 74.5 Å². The van der Waals surface area contributed by atoms with Crippen molar-refractivity contribution in [2.24, 2.45) is 0 Å². The van der Waals surface area contributed by atoms with E-state index in [1.807, 2.05) is 44.2 Å². The van der Waals surface area contributed by atoms with Gasteiger partial charge in [-0.3, -0.25) is 18.9 Å². The number of pyridine rings is 1. The molecule has 35 heavy (non-hydrogen) atoms. The number of amides is 1. The first-order valence-electron chi connectivity index (χ1n) is 10.9. The maximum atomic E-state index is 13.6. The van der Waals surface area contributed by atoms with Crippen LogP contribution in [0.2, 0.25) is 0 Å². The summed E-state index contributed by atoms with van der Waals surface area (Å²) in [6.45, 7) is 3.89. The quantitative estimate of drug-likeness (QED) is 0.279. The van der Waals surface area contributed by atoms with Crippen LogP contribution in [0, 0.1) is 13.8 Å². The number of sulfone groups is 1. The molecule has 180 valence electrons. The number of benzene rings is 1. The summed E-state index contributed by atoms with van der Waals surface area (Å²) in [6.07, 6.45) is 3.62. The van der Waals surface area contributed by atoms with Gasteiger partial charge in [0.15, 0.2) is 9.84 Å². The van der Waals surface area contributed by atoms with E-state index in [-0.39, 0.29) is 27.9 Å². The van der Waals surface area contributed by atoms with Gasteiger partial charge in [0.2, 0.25) is 0 Å². The SMILES string of the molecule is Cc1ccc(Sc2nc3ccc(C)cn3c(=O)c2C=C2SC(=S)N(C3CCS(=O)(=O)C3)C2=O)cc1. The summed E-state index contributed by atoms with van der Waals surface area (Å²) in [7, 11) is -3.18. The lowest BCUT2D eigenvalue weighted by atomic mass is 10.2. The maximum absolute atomic E-state index is 13.6. The van der Waals surface area contributed by atoms with Crippen LogP contribution in [-0.4, -0.2) is 50.5 Å². The summed E-state index contributed by atoms with van der Waals surface area (Å²) >= 11 is 7.87. The van der Waals surface area contributed by atoms with Gasteiger partial charge in [-0.2, -0.15) is 0 Å². The number of hydrogen-bond acceptors (Lipinski definition) is 8. The van der Waals surface area contributed by atoms with Crippen LogP contribution < -0.4 is 5.56 Å². The zero-order chi connectivity index (χ0) is 24.9. The van der Waals surface area contributed by atoms with Crippen LogP contribution in [0.15, 0.2) is 62.2 Å².